The molecule has 0 aliphatic rings. The van der Waals surface area contributed by atoms with Gasteiger partial charge in [-0.15, -0.1) is 0 Å². The van der Waals surface area contributed by atoms with Gasteiger partial charge in [-0.3, -0.25) is 9.78 Å². The minimum absolute atomic E-state index is 0.0712. The van der Waals surface area contributed by atoms with Crippen LogP contribution in [0.2, 0.25) is 0 Å². The van der Waals surface area contributed by atoms with Crippen LogP contribution in [0.5, 0.6) is 0 Å². The number of nitrogens with zero attached hydrogens (tertiary/aromatic N) is 1. The van der Waals surface area contributed by atoms with Gasteiger partial charge in [0.15, 0.2) is 0 Å². The van der Waals surface area contributed by atoms with E-state index in [0.29, 0.717) is 0 Å². The quantitative estimate of drug-likeness (QED) is 0.754. The second kappa shape index (κ2) is 4.57. The molecule has 1 rings (SSSR count). The van der Waals surface area contributed by atoms with Crippen molar-refractivity contribution < 1.29 is 9.53 Å². The Balaban J connectivity index is 2.63. The zero-order valence-corrected chi connectivity index (χ0v) is 7.70. The number of aromatic nitrogens is 1. The van der Waals surface area contributed by atoms with Crippen molar-refractivity contribution in [1.82, 2.24) is 4.98 Å². The van der Waals surface area contributed by atoms with Crippen molar-refractivity contribution in [3.8, 4) is 0 Å². The molecule has 70 valence electrons. The van der Waals surface area contributed by atoms with E-state index in [0.717, 1.165) is 11.3 Å². The van der Waals surface area contributed by atoms with Gasteiger partial charge in [0.05, 0.1) is 0 Å². The summed E-state index contributed by atoms with van der Waals surface area (Å²) in [4.78, 5) is 15.0. The summed E-state index contributed by atoms with van der Waals surface area (Å²) in [5, 5.41) is 2.71. The third-order valence-electron chi connectivity index (χ3n) is 1.57. The van der Waals surface area contributed by atoms with Crippen LogP contribution in [-0.4, -0.2) is 24.6 Å². The number of anilines is 1. The molecule has 1 heterocycles. The van der Waals surface area contributed by atoms with Crippen molar-refractivity contribution in [2.24, 2.45) is 0 Å². The Kier molecular flexibility index (Phi) is 3.40. The van der Waals surface area contributed by atoms with Gasteiger partial charge in [-0.1, -0.05) is 0 Å². The minimum Gasteiger partial charge on any atom is -0.375 e. The molecule has 4 heteroatoms. The minimum atomic E-state index is -0.156. The highest BCUT2D eigenvalue weighted by molar-refractivity contribution is 5.92. The van der Waals surface area contributed by atoms with Crippen LogP contribution in [0, 0.1) is 6.92 Å². The Morgan fingerprint density at radius 3 is 3.08 bits per heavy atom. The van der Waals surface area contributed by atoms with Crippen molar-refractivity contribution in [3.05, 3.63) is 24.0 Å². The molecular formula is C9H12N2O2. The second-order valence-corrected chi connectivity index (χ2v) is 2.67. The van der Waals surface area contributed by atoms with Crippen LogP contribution in [0.3, 0.4) is 0 Å². The van der Waals surface area contributed by atoms with E-state index in [9.17, 15) is 4.79 Å². The van der Waals surface area contributed by atoms with E-state index in [4.69, 9.17) is 0 Å². The van der Waals surface area contributed by atoms with Crippen LogP contribution in [0.1, 0.15) is 5.56 Å². The van der Waals surface area contributed by atoms with E-state index in [1.165, 1.54) is 7.11 Å². The fourth-order valence-electron chi connectivity index (χ4n) is 0.931. The average Bonchev–Trinajstić information content (AvgIpc) is 2.09. The van der Waals surface area contributed by atoms with Crippen molar-refractivity contribution in [1.29, 1.82) is 0 Å². The van der Waals surface area contributed by atoms with Gasteiger partial charge in [-0.25, -0.2) is 0 Å². The van der Waals surface area contributed by atoms with Crippen molar-refractivity contribution in [2.45, 2.75) is 6.92 Å². The van der Waals surface area contributed by atoms with Gasteiger partial charge < -0.3 is 10.1 Å². The van der Waals surface area contributed by atoms with Crippen LogP contribution < -0.4 is 5.32 Å². The number of pyridine rings is 1. The number of carbonyl (C=O) groups excluding carboxylic acids is 1. The van der Waals surface area contributed by atoms with Crippen LogP contribution in [0.4, 0.5) is 5.69 Å². The van der Waals surface area contributed by atoms with Gasteiger partial charge in [0.1, 0.15) is 6.61 Å². The Morgan fingerprint density at radius 1 is 1.69 bits per heavy atom. The SMILES string of the molecule is COCC(=O)Nc1ccncc1C. The first-order chi connectivity index (χ1) is 6.24. The van der Waals surface area contributed by atoms with E-state index < -0.39 is 0 Å². The molecule has 1 aromatic rings. The maximum atomic E-state index is 11.1. The monoisotopic (exact) mass is 180 g/mol. The molecule has 0 bridgehead atoms. The van der Waals surface area contributed by atoms with Gasteiger partial charge >= 0.3 is 0 Å². The summed E-state index contributed by atoms with van der Waals surface area (Å²) in [7, 11) is 1.49. The highest BCUT2D eigenvalue weighted by Gasteiger charge is 2.02. The number of carbonyl (C=O) groups is 1. The molecule has 0 saturated carbocycles. The van der Waals surface area contributed by atoms with Crippen molar-refractivity contribution in [3.63, 3.8) is 0 Å². The molecular weight excluding hydrogens is 168 g/mol. The maximum Gasteiger partial charge on any atom is 0.250 e. The van der Waals surface area contributed by atoms with Crippen LogP contribution in [-0.2, 0) is 9.53 Å². The highest BCUT2D eigenvalue weighted by Crippen LogP contribution is 2.10. The summed E-state index contributed by atoms with van der Waals surface area (Å²) >= 11 is 0. The number of hydrogen-bond donors (Lipinski definition) is 1. The Morgan fingerprint density at radius 2 is 2.46 bits per heavy atom. The largest absolute Gasteiger partial charge is 0.375 e. The first-order valence-electron chi connectivity index (χ1n) is 3.93. The molecule has 13 heavy (non-hydrogen) atoms. The first-order valence-corrected chi connectivity index (χ1v) is 3.93. The molecule has 1 amide bonds. The lowest BCUT2D eigenvalue weighted by atomic mass is 10.2. The number of ether oxygens (including phenoxy) is 1. The number of methoxy groups -OCH3 is 1. The molecule has 4 nitrogen and oxygen atoms in total. The van der Waals surface area contributed by atoms with Gasteiger partial charge in [0.25, 0.3) is 0 Å². The van der Waals surface area contributed by atoms with Crippen LogP contribution in [0.15, 0.2) is 18.5 Å². The third-order valence-corrected chi connectivity index (χ3v) is 1.57. The Bertz CT molecular complexity index is 299. The van der Waals surface area contributed by atoms with Gasteiger partial charge in [-0.05, 0) is 18.6 Å². The molecule has 0 radical (unpaired) electrons. The maximum absolute atomic E-state index is 11.1. The highest BCUT2D eigenvalue weighted by atomic mass is 16.5. The molecule has 0 saturated heterocycles. The fourth-order valence-corrected chi connectivity index (χ4v) is 0.931. The molecule has 0 spiro atoms. The lowest BCUT2D eigenvalue weighted by molar-refractivity contribution is -0.119. The molecule has 0 atom stereocenters. The van der Waals surface area contributed by atoms with E-state index in [2.05, 4.69) is 15.0 Å². The Labute approximate surface area is 76.9 Å². The number of amides is 1. The van der Waals surface area contributed by atoms with Crippen molar-refractivity contribution in [2.75, 3.05) is 19.0 Å². The molecule has 1 N–H and O–H groups in total. The third kappa shape index (κ3) is 2.83. The topological polar surface area (TPSA) is 51.2 Å². The zero-order valence-electron chi connectivity index (χ0n) is 7.70. The predicted octanol–water partition coefficient (Wildman–Crippen LogP) is 0.975. The van der Waals surface area contributed by atoms with Gasteiger partial charge in [0, 0.05) is 25.2 Å². The molecule has 0 aromatic carbocycles. The lowest BCUT2D eigenvalue weighted by Gasteiger charge is -2.06. The van der Waals surface area contributed by atoms with E-state index in [-0.39, 0.29) is 12.5 Å². The van der Waals surface area contributed by atoms with Gasteiger partial charge in [0.2, 0.25) is 5.91 Å². The molecule has 0 unspecified atom stereocenters. The fraction of sp³-hybridized carbons (Fsp3) is 0.333. The smallest absolute Gasteiger partial charge is 0.250 e. The summed E-state index contributed by atoms with van der Waals surface area (Å²) in [6, 6.07) is 1.75. The van der Waals surface area contributed by atoms with Crippen LogP contribution >= 0.6 is 0 Å². The Hall–Kier alpha value is -1.42. The average molecular weight is 180 g/mol. The predicted molar refractivity (Wildman–Crippen MR) is 49.5 cm³/mol. The summed E-state index contributed by atoms with van der Waals surface area (Å²) in [6.07, 6.45) is 3.33. The summed E-state index contributed by atoms with van der Waals surface area (Å²) in [5.41, 5.74) is 1.71. The molecule has 0 aliphatic heterocycles. The summed E-state index contributed by atoms with van der Waals surface area (Å²) in [5.74, 6) is -0.156. The number of hydrogen-bond acceptors (Lipinski definition) is 3. The van der Waals surface area contributed by atoms with E-state index in [1.54, 1.807) is 18.5 Å². The summed E-state index contributed by atoms with van der Waals surface area (Å²) < 4.78 is 4.69. The number of aryl methyl sites for hydroxylation is 1. The second-order valence-electron chi connectivity index (χ2n) is 2.67. The molecule has 1 aromatic heterocycles. The van der Waals surface area contributed by atoms with E-state index >= 15 is 0 Å². The first kappa shape index (κ1) is 9.67. The summed E-state index contributed by atoms with van der Waals surface area (Å²) in [6.45, 7) is 1.96. The zero-order chi connectivity index (χ0) is 9.68. The number of rotatable bonds is 3. The number of nitrogens with one attached hydrogen (secondary N) is 1. The van der Waals surface area contributed by atoms with Crippen LogP contribution in [0.25, 0.3) is 0 Å². The normalized spacial score (nSPS) is 9.69. The lowest BCUT2D eigenvalue weighted by Crippen LogP contribution is -2.17. The molecule has 0 fully saturated rings. The standard InChI is InChI=1S/C9H12N2O2/c1-7-5-10-4-3-8(7)11-9(12)6-13-2/h3-5H,6H2,1-2H3,(H,10,11,12). The van der Waals surface area contributed by atoms with E-state index in [1.807, 2.05) is 6.92 Å². The van der Waals surface area contributed by atoms with Crippen molar-refractivity contribution >= 4 is 11.6 Å². The van der Waals surface area contributed by atoms with Gasteiger partial charge in [-0.2, -0.15) is 0 Å². The molecule has 0 aliphatic carbocycles.